The summed E-state index contributed by atoms with van der Waals surface area (Å²) in [7, 11) is 1.68. The van der Waals surface area contributed by atoms with E-state index in [1.807, 2.05) is 48.5 Å². The van der Waals surface area contributed by atoms with Crippen molar-refractivity contribution in [1.82, 2.24) is 9.88 Å². The first-order valence-corrected chi connectivity index (χ1v) is 14.6. The molecule has 0 saturated carbocycles. The molecule has 2 aromatic heterocycles. The van der Waals surface area contributed by atoms with Crippen molar-refractivity contribution in [3.63, 3.8) is 0 Å². The Morgan fingerprint density at radius 3 is 2.26 bits per heavy atom. The van der Waals surface area contributed by atoms with Crippen molar-refractivity contribution >= 4 is 29.8 Å². The predicted molar refractivity (Wildman–Crippen MR) is 170 cm³/mol. The number of pyridine rings is 1. The fourth-order valence-electron chi connectivity index (χ4n) is 3.35. The van der Waals surface area contributed by atoms with Crippen LogP contribution in [0.3, 0.4) is 0 Å². The Bertz CT molecular complexity index is 1210. The number of carbonyl (C=O) groups excluding carboxylic acids is 3. The van der Waals surface area contributed by atoms with E-state index in [9.17, 15) is 14.4 Å². The van der Waals surface area contributed by atoms with E-state index in [0.717, 1.165) is 28.2 Å². The first kappa shape index (κ1) is 38.1. The van der Waals surface area contributed by atoms with E-state index >= 15 is 0 Å². The lowest BCUT2D eigenvalue weighted by Crippen LogP contribution is -2.49. The van der Waals surface area contributed by atoms with Gasteiger partial charge in [-0.2, -0.15) is 4.90 Å². The predicted octanol–water partition coefficient (Wildman–Crippen LogP) is 8.04. The number of hydrogen-bond donors (Lipinski definition) is 0. The van der Waals surface area contributed by atoms with Crippen molar-refractivity contribution in [3.05, 3.63) is 59.2 Å². The van der Waals surface area contributed by atoms with E-state index in [2.05, 4.69) is 24.1 Å². The molecule has 1 unspecified atom stereocenters. The second kappa shape index (κ2) is 18.5. The lowest BCUT2D eigenvalue weighted by atomic mass is 10.2. The smallest absolute Gasteiger partial charge is 0.423 e. The second-order valence-corrected chi connectivity index (χ2v) is 9.98. The molecule has 2 aromatic rings. The average Bonchev–Trinajstić information content (AvgIpc) is 3.26. The van der Waals surface area contributed by atoms with E-state index in [-0.39, 0.29) is 17.5 Å². The van der Waals surface area contributed by atoms with Crippen LogP contribution in [0.5, 0.6) is 5.75 Å². The van der Waals surface area contributed by atoms with E-state index in [4.69, 9.17) is 13.9 Å². The Kier molecular flexibility index (Phi) is 16.8. The molecule has 1 aliphatic heterocycles. The van der Waals surface area contributed by atoms with Gasteiger partial charge in [-0.25, -0.2) is 9.78 Å². The van der Waals surface area contributed by atoms with Crippen LogP contribution in [0.1, 0.15) is 98.1 Å². The highest BCUT2D eigenvalue weighted by atomic mass is 16.6. The summed E-state index contributed by atoms with van der Waals surface area (Å²) >= 11 is 0. The molecule has 0 N–H and O–H groups in total. The van der Waals surface area contributed by atoms with Crippen LogP contribution in [0.2, 0.25) is 0 Å². The van der Waals surface area contributed by atoms with Crippen molar-refractivity contribution in [2.75, 3.05) is 11.9 Å². The zero-order valence-electron chi connectivity index (χ0n) is 27.8. The number of imide groups is 1. The Morgan fingerprint density at radius 2 is 1.79 bits per heavy atom. The first-order chi connectivity index (χ1) is 19.8. The lowest BCUT2D eigenvalue weighted by molar-refractivity contribution is -0.126. The summed E-state index contributed by atoms with van der Waals surface area (Å²) in [6, 6.07) is 1.62. The summed E-state index contributed by atoms with van der Waals surface area (Å²) in [5.74, 6) is 0.254. The molecule has 1 atom stereocenters. The fourth-order valence-corrected chi connectivity index (χ4v) is 3.35. The second-order valence-electron chi connectivity index (χ2n) is 9.98. The average molecular weight is 586 g/mol. The first-order valence-electron chi connectivity index (χ1n) is 14.6. The monoisotopic (exact) mass is 585 g/mol. The van der Waals surface area contributed by atoms with Gasteiger partial charge in [0.2, 0.25) is 5.91 Å². The van der Waals surface area contributed by atoms with E-state index < -0.39 is 23.7 Å². The number of aryl methyl sites for hydroxylation is 1. The quantitative estimate of drug-likeness (QED) is 0.258. The van der Waals surface area contributed by atoms with Gasteiger partial charge in [-0.15, -0.1) is 0 Å². The van der Waals surface area contributed by atoms with Crippen LogP contribution < -0.4 is 9.64 Å². The maximum absolute atomic E-state index is 12.6. The maximum Gasteiger partial charge on any atom is 0.423 e. The number of ether oxygens (including phenoxy) is 2. The van der Waals surface area contributed by atoms with Crippen LogP contribution >= 0.6 is 0 Å². The van der Waals surface area contributed by atoms with E-state index in [1.165, 1.54) is 17.2 Å². The fraction of sp³-hybridized carbons (Fsp3) is 0.515. The molecule has 3 amide bonds. The Hall–Kier alpha value is -3.88. The molecule has 42 heavy (non-hydrogen) atoms. The normalized spacial score (nSPS) is 14.0. The molecule has 0 radical (unpaired) electrons. The number of allylic oxidation sites excluding steroid dienone is 2. The van der Waals surface area contributed by atoms with Gasteiger partial charge >= 0.3 is 6.09 Å². The number of furan rings is 1. The van der Waals surface area contributed by atoms with Crippen LogP contribution in [-0.2, 0) is 20.9 Å². The van der Waals surface area contributed by atoms with Gasteiger partial charge in [-0.1, -0.05) is 46.8 Å². The lowest BCUT2D eigenvalue weighted by Gasteiger charge is -2.32. The summed E-state index contributed by atoms with van der Waals surface area (Å²) in [4.78, 5) is 44.3. The molecule has 0 fully saturated rings. The van der Waals surface area contributed by atoms with Crippen LogP contribution in [-0.4, -0.2) is 46.5 Å². The molecule has 9 heteroatoms. The molecular formula is C33H51N3O6. The summed E-state index contributed by atoms with van der Waals surface area (Å²) in [6.07, 6.45) is 9.76. The largest absolute Gasteiger partial charge is 0.477 e. The van der Waals surface area contributed by atoms with Gasteiger partial charge in [0.25, 0.3) is 5.91 Å². The number of carbonyl (C=O) groups is 3. The topological polar surface area (TPSA) is 102 Å². The molecule has 0 bridgehead atoms. The highest BCUT2D eigenvalue weighted by Gasteiger charge is 2.39. The third-order valence-electron chi connectivity index (χ3n) is 5.55. The van der Waals surface area contributed by atoms with Crippen LogP contribution in [0.15, 0.2) is 41.2 Å². The van der Waals surface area contributed by atoms with Gasteiger partial charge in [-0.05, 0) is 83.7 Å². The maximum atomic E-state index is 12.6. The molecule has 3 rings (SSSR count). The van der Waals surface area contributed by atoms with Crippen molar-refractivity contribution in [2.24, 2.45) is 0 Å². The number of aromatic nitrogens is 1. The zero-order valence-corrected chi connectivity index (χ0v) is 27.8. The Balaban J connectivity index is 0.00000166. The number of rotatable bonds is 5. The zero-order chi connectivity index (χ0) is 32.6. The van der Waals surface area contributed by atoms with Gasteiger partial charge in [0.1, 0.15) is 11.4 Å². The van der Waals surface area contributed by atoms with Crippen LogP contribution in [0.4, 0.5) is 10.6 Å². The molecule has 0 spiro atoms. The number of anilines is 1. The number of fused-ring (bicyclic) bond motifs is 1. The SMILES string of the molecule is C/C=C\CC.CC.CC.Cc1coc(CN(C)C(=O)/C=C/c2cnc3c(c2)OC(C)C(=O)N3C(=O)OC(C)(C)C)c1C. The summed E-state index contributed by atoms with van der Waals surface area (Å²) in [5.41, 5.74) is 1.86. The van der Waals surface area contributed by atoms with Crippen molar-refractivity contribution in [1.29, 1.82) is 0 Å². The Labute approximate surface area is 252 Å². The molecule has 0 saturated heterocycles. The van der Waals surface area contributed by atoms with Gasteiger partial charge in [0, 0.05) is 19.3 Å². The van der Waals surface area contributed by atoms with Crippen LogP contribution in [0, 0.1) is 13.8 Å². The summed E-state index contributed by atoms with van der Waals surface area (Å²) in [6.45, 7) is 23.1. The molecule has 1 aliphatic rings. The minimum atomic E-state index is -0.890. The number of likely N-dealkylation sites (N-methyl/N-ethyl adjacent to an activating group) is 1. The van der Waals surface area contributed by atoms with Crippen LogP contribution in [0.25, 0.3) is 6.08 Å². The minimum Gasteiger partial charge on any atom is -0.477 e. The number of amides is 3. The standard InChI is InChI=1S/C24H29N3O6.C5H10.2C2H6/c1-14-13-31-19(15(14)2)12-26(7)20(28)9-8-17-10-18-21(25-11-17)27(22(29)16(3)32-18)23(30)33-24(4,5)6;1-3-5-4-2;2*1-2/h8-11,13,16H,12H2,1-7H3;3,5H,4H2,1-2H3;2*1-2H3/b9-8+;5-3-;;. The van der Waals surface area contributed by atoms with Gasteiger partial charge in [-0.3, -0.25) is 9.59 Å². The van der Waals surface area contributed by atoms with Gasteiger partial charge in [0.05, 0.1) is 12.8 Å². The molecule has 0 aliphatic carbocycles. The summed E-state index contributed by atoms with van der Waals surface area (Å²) < 4.78 is 16.5. The molecule has 0 aromatic carbocycles. The van der Waals surface area contributed by atoms with E-state index in [0.29, 0.717) is 12.1 Å². The minimum absolute atomic E-state index is 0.0524. The third-order valence-corrected chi connectivity index (χ3v) is 5.55. The van der Waals surface area contributed by atoms with Crippen molar-refractivity contribution < 1.29 is 28.3 Å². The molecular weight excluding hydrogens is 534 g/mol. The van der Waals surface area contributed by atoms with Crippen molar-refractivity contribution in [2.45, 2.75) is 108 Å². The third kappa shape index (κ3) is 11.5. The van der Waals surface area contributed by atoms with E-state index in [1.54, 1.807) is 53.1 Å². The Morgan fingerprint density at radius 1 is 1.17 bits per heavy atom. The highest BCUT2D eigenvalue weighted by Crippen LogP contribution is 2.34. The van der Waals surface area contributed by atoms with Gasteiger partial charge in [0.15, 0.2) is 17.7 Å². The molecule has 9 nitrogen and oxygen atoms in total. The summed E-state index contributed by atoms with van der Waals surface area (Å²) in [5, 5.41) is 0. The van der Waals surface area contributed by atoms with Gasteiger partial charge < -0.3 is 18.8 Å². The molecule has 234 valence electrons. The van der Waals surface area contributed by atoms with Crippen molar-refractivity contribution in [3.8, 4) is 5.75 Å². The number of hydrogen-bond acceptors (Lipinski definition) is 7. The molecule has 3 heterocycles. The number of nitrogens with zero attached hydrogens (tertiary/aromatic N) is 3. The highest BCUT2D eigenvalue weighted by molar-refractivity contribution is 6.15.